The minimum Gasteiger partial charge on any atom is -0.491 e. The van der Waals surface area contributed by atoms with Crippen LogP contribution in [0.1, 0.15) is 26.7 Å². The van der Waals surface area contributed by atoms with Gasteiger partial charge in [-0.15, -0.1) is 11.8 Å². The molecule has 0 saturated carbocycles. The average Bonchev–Trinajstić information content (AvgIpc) is 2.52. The average molecular weight is 366 g/mol. The molecule has 2 aromatic carbocycles. The molecular weight excluding hydrogens is 346 g/mol. The van der Waals surface area contributed by atoms with Gasteiger partial charge in [-0.25, -0.2) is 8.78 Å². The highest BCUT2D eigenvalue weighted by molar-refractivity contribution is 7.99. The van der Waals surface area contributed by atoms with Crippen LogP contribution >= 0.6 is 11.8 Å². The number of carboxylic acid groups (broad SMARTS) is 1. The fourth-order valence-corrected chi connectivity index (χ4v) is 3.17. The van der Waals surface area contributed by atoms with Crippen LogP contribution in [0.5, 0.6) is 5.75 Å². The van der Waals surface area contributed by atoms with Gasteiger partial charge in [-0.1, -0.05) is 12.1 Å². The summed E-state index contributed by atoms with van der Waals surface area (Å²) < 4.78 is 34.2. The summed E-state index contributed by atoms with van der Waals surface area (Å²) in [6.45, 7) is 3.81. The van der Waals surface area contributed by atoms with E-state index >= 15 is 0 Å². The van der Waals surface area contributed by atoms with E-state index in [9.17, 15) is 13.6 Å². The van der Waals surface area contributed by atoms with Gasteiger partial charge in [-0.2, -0.15) is 0 Å². The van der Waals surface area contributed by atoms with Crippen molar-refractivity contribution in [1.82, 2.24) is 0 Å². The first-order valence-electron chi connectivity index (χ1n) is 7.97. The third-order valence-corrected chi connectivity index (χ3v) is 4.49. The van der Waals surface area contributed by atoms with E-state index in [1.165, 1.54) is 12.1 Å². The quantitative estimate of drug-likeness (QED) is 0.503. The monoisotopic (exact) mass is 366 g/mol. The van der Waals surface area contributed by atoms with Gasteiger partial charge < -0.3 is 9.84 Å². The van der Waals surface area contributed by atoms with Crippen molar-refractivity contribution in [2.24, 2.45) is 0 Å². The van der Waals surface area contributed by atoms with Crippen molar-refractivity contribution in [3.8, 4) is 16.9 Å². The van der Waals surface area contributed by atoms with Crippen molar-refractivity contribution in [1.29, 1.82) is 0 Å². The smallest absolute Gasteiger partial charge is 0.303 e. The number of aliphatic carboxylic acids is 1. The van der Waals surface area contributed by atoms with Crippen LogP contribution < -0.4 is 4.74 Å². The largest absolute Gasteiger partial charge is 0.491 e. The Hall–Kier alpha value is -2.08. The van der Waals surface area contributed by atoms with Crippen LogP contribution in [0.3, 0.4) is 0 Å². The number of rotatable bonds is 8. The van der Waals surface area contributed by atoms with E-state index in [0.29, 0.717) is 29.1 Å². The molecule has 2 aromatic rings. The van der Waals surface area contributed by atoms with Gasteiger partial charge in [0.2, 0.25) is 0 Å². The highest BCUT2D eigenvalue weighted by atomic mass is 32.2. The van der Waals surface area contributed by atoms with Crippen molar-refractivity contribution in [3.05, 3.63) is 48.0 Å². The molecule has 0 amide bonds. The van der Waals surface area contributed by atoms with Gasteiger partial charge in [0.05, 0.1) is 11.0 Å². The first-order valence-corrected chi connectivity index (χ1v) is 8.96. The third kappa shape index (κ3) is 5.74. The Morgan fingerprint density at radius 2 is 1.84 bits per heavy atom. The lowest BCUT2D eigenvalue weighted by Gasteiger charge is -2.12. The molecule has 134 valence electrons. The number of halogens is 2. The van der Waals surface area contributed by atoms with Crippen LogP contribution in [-0.2, 0) is 4.79 Å². The Labute approximate surface area is 150 Å². The maximum atomic E-state index is 14.3. The molecule has 0 spiro atoms. The Balaban J connectivity index is 2.17. The maximum absolute atomic E-state index is 14.3. The van der Waals surface area contributed by atoms with Gasteiger partial charge in [-0.3, -0.25) is 4.79 Å². The molecule has 0 aliphatic carbocycles. The van der Waals surface area contributed by atoms with Crippen LogP contribution in [0.2, 0.25) is 0 Å². The molecule has 0 bridgehead atoms. The molecule has 0 atom stereocenters. The lowest BCUT2D eigenvalue weighted by molar-refractivity contribution is -0.137. The molecule has 6 heteroatoms. The molecule has 0 heterocycles. The number of thioether (sulfide) groups is 1. The van der Waals surface area contributed by atoms with E-state index in [2.05, 4.69) is 0 Å². The Morgan fingerprint density at radius 1 is 1.16 bits per heavy atom. The van der Waals surface area contributed by atoms with Crippen LogP contribution in [0, 0.1) is 11.6 Å². The molecule has 0 saturated heterocycles. The van der Waals surface area contributed by atoms with Gasteiger partial charge in [0.1, 0.15) is 17.4 Å². The number of benzene rings is 2. The fourth-order valence-electron chi connectivity index (χ4n) is 2.28. The summed E-state index contributed by atoms with van der Waals surface area (Å²) in [4.78, 5) is 10.4. The first kappa shape index (κ1) is 19.2. The summed E-state index contributed by atoms with van der Waals surface area (Å²) in [5.74, 6) is -1.23. The third-order valence-electron chi connectivity index (χ3n) is 3.32. The second kappa shape index (κ2) is 8.85. The molecular formula is C19H20F2O3S. The SMILES string of the molecule is CC(C)Oc1cccc(-c2cc(F)c(SCCCC(=O)O)c(F)c2)c1. The van der Waals surface area contributed by atoms with E-state index in [1.807, 2.05) is 13.8 Å². The molecule has 0 unspecified atom stereocenters. The Kier molecular flexibility index (Phi) is 6.82. The topological polar surface area (TPSA) is 46.5 Å². The van der Waals surface area contributed by atoms with Crippen LogP contribution in [-0.4, -0.2) is 22.9 Å². The summed E-state index contributed by atoms with van der Waals surface area (Å²) >= 11 is 0.993. The predicted molar refractivity (Wildman–Crippen MR) is 95.2 cm³/mol. The lowest BCUT2D eigenvalue weighted by Crippen LogP contribution is -2.05. The second-order valence-corrected chi connectivity index (χ2v) is 6.91. The van der Waals surface area contributed by atoms with Crippen molar-refractivity contribution >= 4 is 17.7 Å². The minimum absolute atomic E-state index is 0.00769. The summed E-state index contributed by atoms with van der Waals surface area (Å²) in [6, 6.07) is 9.66. The number of hydrogen-bond acceptors (Lipinski definition) is 3. The number of carbonyl (C=O) groups is 1. The molecule has 0 radical (unpaired) electrons. The molecule has 3 nitrogen and oxygen atoms in total. The molecule has 0 fully saturated rings. The summed E-state index contributed by atoms with van der Waals surface area (Å²) in [5, 5.41) is 8.59. The lowest BCUT2D eigenvalue weighted by atomic mass is 10.1. The normalized spacial score (nSPS) is 10.9. The molecule has 0 aromatic heterocycles. The second-order valence-electron chi connectivity index (χ2n) is 5.81. The maximum Gasteiger partial charge on any atom is 0.303 e. The zero-order chi connectivity index (χ0) is 18.4. The highest BCUT2D eigenvalue weighted by Gasteiger charge is 2.13. The Morgan fingerprint density at radius 3 is 2.44 bits per heavy atom. The van der Waals surface area contributed by atoms with Gasteiger partial charge in [0.25, 0.3) is 0 Å². The summed E-state index contributed by atoms with van der Waals surface area (Å²) in [6.07, 6.45) is 0.347. The van der Waals surface area contributed by atoms with E-state index in [1.54, 1.807) is 24.3 Å². The van der Waals surface area contributed by atoms with Crippen molar-refractivity contribution in [3.63, 3.8) is 0 Å². The summed E-state index contributed by atoms with van der Waals surface area (Å²) in [7, 11) is 0. The van der Waals surface area contributed by atoms with Gasteiger partial charge >= 0.3 is 5.97 Å². The van der Waals surface area contributed by atoms with Crippen LogP contribution in [0.25, 0.3) is 11.1 Å². The van der Waals surface area contributed by atoms with E-state index in [-0.39, 0.29) is 17.4 Å². The molecule has 2 rings (SSSR count). The minimum atomic E-state index is -0.916. The first-order chi connectivity index (χ1) is 11.9. The van der Waals surface area contributed by atoms with Crippen molar-refractivity contribution < 1.29 is 23.4 Å². The molecule has 0 aliphatic rings. The van der Waals surface area contributed by atoms with Gasteiger partial charge in [0.15, 0.2) is 0 Å². The standard InChI is InChI=1S/C19H20F2O3S/c1-12(2)24-15-6-3-5-13(9-15)14-10-16(20)19(17(21)11-14)25-8-4-7-18(22)23/h3,5-6,9-12H,4,7-8H2,1-2H3,(H,22,23). The number of carboxylic acids is 1. The van der Waals surface area contributed by atoms with E-state index in [4.69, 9.17) is 9.84 Å². The van der Waals surface area contributed by atoms with Gasteiger partial charge in [0, 0.05) is 6.42 Å². The number of ether oxygens (including phenoxy) is 1. The zero-order valence-electron chi connectivity index (χ0n) is 14.1. The molecule has 25 heavy (non-hydrogen) atoms. The predicted octanol–water partition coefficient (Wildman–Crippen LogP) is 5.38. The molecule has 1 N–H and O–H groups in total. The zero-order valence-corrected chi connectivity index (χ0v) is 14.9. The molecule has 0 aliphatic heterocycles. The van der Waals surface area contributed by atoms with Crippen LogP contribution in [0.4, 0.5) is 8.78 Å². The fraction of sp³-hybridized carbons (Fsp3) is 0.316. The highest BCUT2D eigenvalue weighted by Crippen LogP contribution is 2.32. The van der Waals surface area contributed by atoms with Crippen molar-refractivity contribution in [2.75, 3.05) is 5.75 Å². The Bertz CT molecular complexity index is 724. The van der Waals surface area contributed by atoms with Crippen molar-refractivity contribution in [2.45, 2.75) is 37.7 Å². The van der Waals surface area contributed by atoms with Crippen LogP contribution in [0.15, 0.2) is 41.3 Å². The van der Waals surface area contributed by atoms with E-state index < -0.39 is 17.6 Å². The van der Waals surface area contributed by atoms with E-state index in [0.717, 1.165) is 11.8 Å². The number of hydrogen-bond donors (Lipinski definition) is 1. The van der Waals surface area contributed by atoms with Gasteiger partial charge in [-0.05, 0) is 61.4 Å². The summed E-state index contributed by atoms with van der Waals surface area (Å²) in [5.41, 5.74) is 1.09.